The van der Waals surface area contributed by atoms with E-state index < -0.39 is 6.17 Å². The predicted octanol–water partition coefficient (Wildman–Crippen LogP) is 14.0. The molecular weight excluding hydrogens is 785 g/mol. The number of rotatable bonds is 3. The molecule has 0 amide bonds. The predicted molar refractivity (Wildman–Crippen MR) is 264 cm³/mol. The van der Waals surface area contributed by atoms with E-state index in [1.807, 2.05) is 12.1 Å². The van der Waals surface area contributed by atoms with Gasteiger partial charge in [0.05, 0.1) is 33.1 Å². The molecule has 0 spiro atoms. The first-order chi connectivity index (χ1) is 31.7. The van der Waals surface area contributed by atoms with Crippen LogP contribution in [0.2, 0.25) is 0 Å². The summed E-state index contributed by atoms with van der Waals surface area (Å²) in [6.45, 7) is 0. The highest BCUT2D eigenvalue weighted by molar-refractivity contribution is 6.27. The van der Waals surface area contributed by atoms with Crippen molar-refractivity contribution in [1.82, 2.24) is 19.0 Å². The maximum absolute atomic E-state index is 6.47. The quantitative estimate of drug-likeness (QED) is 0.193. The van der Waals surface area contributed by atoms with Gasteiger partial charge in [0, 0.05) is 54.3 Å². The molecule has 1 aliphatic heterocycles. The molecule has 1 aliphatic rings. The number of hydrogen-bond donors (Lipinski definition) is 1. The molecule has 13 aromatic rings. The van der Waals surface area contributed by atoms with E-state index in [0.29, 0.717) is 11.9 Å². The van der Waals surface area contributed by atoms with Gasteiger partial charge in [-0.05, 0) is 65.7 Å². The summed E-state index contributed by atoms with van der Waals surface area (Å²) >= 11 is 0. The smallest absolute Gasteiger partial charge is 0.235 e. The summed E-state index contributed by atoms with van der Waals surface area (Å²) in [4.78, 5) is 11.2. The Balaban J connectivity index is 1.07. The number of aromatic nitrogens is 3. The van der Waals surface area contributed by atoms with Crippen LogP contribution in [0.1, 0.15) is 11.7 Å². The second-order valence-electron chi connectivity index (χ2n) is 16.6. The van der Waals surface area contributed by atoms with Gasteiger partial charge in [0.1, 0.15) is 11.2 Å². The third-order valence-electron chi connectivity index (χ3n) is 13.1. The van der Waals surface area contributed by atoms with E-state index in [-0.39, 0.29) is 0 Å². The topological polar surface area (TPSA) is 64.7 Å². The Labute approximate surface area is 366 Å². The third-order valence-corrected chi connectivity index (χ3v) is 13.1. The minimum Gasteiger partial charge on any atom is -0.456 e. The molecule has 1 atom stereocenters. The van der Waals surface area contributed by atoms with Gasteiger partial charge >= 0.3 is 0 Å². The first-order valence-corrected chi connectivity index (χ1v) is 21.7. The number of nitrogens with one attached hydrogen (secondary N) is 1. The van der Waals surface area contributed by atoms with Crippen molar-refractivity contribution in [3.05, 3.63) is 212 Å². The van der Waals surface area contributed by atoms with E-state index in [1.54, 1.807) is 0 Å². The van der Waals surface area contributed by atoms with E-state index in [9.17, 15) is 0 Å². The van der Waals surface area contributed by atoms with E-state index in [4.69, 9.17) is 14.4 Å². The van der Waals surface area contributed by atoms with E-state index in [2.05, 4.69) is 213 Å². The van der Waals surface area contributed by atoms with Crippen LogP contribution in [0, 0.1) is 0 Å². The summed E-state index contributed by atoms with van der Waals surface area (Å²) in [5.74, 6) is 1.26. The molecule has 64 heavy (non-hydrogen) atoms. The summed E-state index contributed by atoms with van der Waals surface area (Å²) in [7, 11) is 0. The van der Waals surface area contributed by atoms with Gasteiger partial charge < -0.3 is 14.3 Å². The van der Waals surface area contributed by atoms with Crippen LogP contribution in [0.3, 0.4) is 0 Å². The first-order valence-electron chi connectivity index (χ1n) is 21.7. The van der Waals surface area contributed by atoms with Crippen molar-refractivity contribution < 1.29 is 4.42 Å². The maximum atomic E-state index is 6.47. The number of benzene rings is 9. The van der Waals surface area contributed by atoms with Gasteiger partial charge in [-0.15, -0.1) is 0 Å². The van der Waals surface area contributed by atoms with E-state index in [0.717, 1.165) is 93.4 Å². The van der Waals surface area contributed by atoms with Crippen LogP contribution < -0.4 is 5.32 Å². The van der Waals surface area contributed by atoms with Crippen molar-refractivity contribution >= 4 is 99.3 Å². The van der Waals surface area contributed by atoms with Crippen molar-refractivity contribution in [3.63, 3.8) is 0 Å². The van der Waals surface area contributed by atoms with Crippen molar-refractivity contribution in [2.24, 2.45) is 9.98 Å². The van der Waals surface area contributed by atoms with Gasteiger partial charge in [-0.2, -0.15) is 4.99 Å². The Bertz CT molecular complexity index is 4110. The Hall–Kier alpha value is -8.68. The fourth-order valence-corrected chi connectivity index (χ4v) is 10.3. The zero-order valence-electron chi connectivity index (χ0n) is 34.4. The monoisotopic (exact) mass is 820 g/mol. The molecule has 4 aromatic heterocycles. The van der Waals surface area contributed by atoms with Gasteiger partial charge in [-0.1, -0.05) is 152 Å². The Kier molecular flexibility index (Phi) is 7.33. The number of para-hydroxylation sites is 5. The molecule has 0 saturated carbocycles. The molecule has 7 heteroatoms. The molecule has 1 N–H and O–H groups in total. The maximum Gasteiger partial charge on any atom is 0.235 e. The Morgan fingerprint density at radius 3 is 1.67 bits per heavy atom. The third kappa shape index (κ3) is 5.03. The molecule has 5 heterocycles. The van der Waals surface area contributed by atoms with Crippen LogP contribution in [-0.4, -0.2) is 25.6 Å². The SMILES string of the molecule is c1ccc(-c2ccc3c(c2)c2ccccc2n3C2=NC(c3ccc4c(c3)oc3ccccc34)NC(n3c4ccccc4c4ccc5c6ccccc6n(-c6ccccc6)c5c43)=N2)cc1. The normalized spacial score (nSPS) is 14.4. The van der Waals surface area contributed by atoms with Crippen molar-refractivity contribution in [3.8, 4) is 16.8 Å². The lowest BCUT2D eigenvalue weighted by atomic mass is 10.0. The lowest BCUT2D eigenvalue weighted by Crippen LogP contribution is -2.38. The molecular formula is C57H36N6O. The minimum absolute atomic E-state index is 0.518. The van der Waals surface area contributed by atoms with Crippen LogP contribution in [0.15, 0.2) is 221 Å². The number of aliphatic imine (C=N–C) groups is 2. The van der Waals surface area contributed by atoms with Crippen molar-refractivity contribution in [2.45, 2.75) is 6.17 Å². The fraction of sp³-hybridized carbons (Fsp3) is 0.0175. The summed E-state index contributed by atoms with van der Waals surface area (Å²) in [6.07, 6.45) is -0.518. The summed E-state index contributed by atoms with van der Waals surface area (Å²) < 4.78 is 13.4. The van der Waals surface area contributed by atoms with E-state index in [1.165, 1.54) is 16.3 Å². The second-order valence-corrected chi connectivity index (χ2v) is 16.6. The fourth-order valence-electron chi connectivity index (χ4n) is 10.3. The highest BCUT2D eigenvalue weighted by Crippen LogP contribution is 2.42. The minimum atomic E-state index is -0.518. The first kappa shape index (κ1) is 35.0. The van der Waals surface area contributed by atoms with Gasteiger partial charge in [-0.25, -0.2) is 4.99 Å². The number of furan rings is 1. The van der Waals surface area contributed by atoms with Crippen molar-refractivity contribution in [2.75, 3.05) is 0 Å². The summed E-state index contributed by atoms with van der Waals surface area (Å²) in [5.41, 5.74) is 12.5. The summed E-state index contributed by atoms with van der Waals surface area (Å²) in [5, 5.41) is 13.0. The lowest BCUT2D eigenvalue weighted by Gasteiger charge is -2.25. The van der Waals surface area contributed by atoms with E-state index >= 15 is 0 Å². The lowest BCUT2D eigenvalue weighted by molar-refractivity contribution is 0.645. The van der Waals surface area contributed by atoms with Gasteiger partial charge in [0.2, 0.25) is 11.9 Å². The average Bonchev–Trinajstić information content (AvgIpc) is 4.10. The molecule has 1 unspecified atom stereocenters. The average molecular weight is 821 g/mol. The highest BCUT2D eigenvalue weighted by Gasteiger charge is 2.29. The van der Waals surface area contributed by atoms with Crippen molar-refractivity contribution in [1.29, 1.82) is 0 Å². The Morgan fingerprint density at radius 1 is 0.391 bits per heavy atom. The van der Waals surface area contributed by atoms with Gasteiger partial charge in [0.15, 0.2) is 6.17 Å². The molecule has 0 saturated heterocycles. The molecule has 300 valence electrons. The molecule has 0 fully saturated rings. The zero-order valence-corrected chi connectivity index (χ0v) is 34.4. The molecule has 0 aliphatic carbocycles. The van der Waals surface area contributed by atoms with Crippen LogP contribution >= 0.6 is 0 Å². The standard InChI is InChI=1S/C57H36N6O/c1-3-15-35(16-4-1)36-28-32-50-46(33-36)41-21-9-12-24-48(41)62(50)56-58-55(37-27-29-43-42-22-10-14-26-51(42)64-52(43)34-37)59-57(60-56)63-49-25-13-8-20-40(49)45-31-30-44-39-19-7-11-23-47(39)61(53(44)54(45)63)38-17-5-2-6-18-38/h1-34,55H,(H,58,59,60). The molecule has 0 radical (unpaired) electrons. The van der Waals surface area contributed by atoms with Crippen LogP contribution in [0.5, 0.6) is 0 Å². The molecule has 7 nitrogen and oxygen atoms in total. The molecule has 9 aromatic carbocycles. The summed E-state index contributed by atoms with van der Waals surface area (Å²) in [6, 6.07) is 73.2. The van der Waals surface area contributed by atoms with Crippen LogP contribution in [-0.2, 0) is 0 Å². The van der Waals surface area contributed by atoms with Crippen LogP contribution in [0.25, 0.3) is 104 Å². The molecule has 0 bridgehead atoms. The number of fused-ring (bicyclic) bond motifs is 13. The van der Waals surface area contributed by atoms with Gasteiger partial charge in [-0.3, -0.25) is 9.13 Å². The van der Waals surface area contributed by atoms with Crippen LogP contribution in [0.4, 0.5) is 0 Å². The van der Waals surface area contributed by atoms with Gasteiger partial charge in [0.25, 0.3) is 0 Å². The highest BCUT2D eigenvalue weighted by atomic mass is 16.3. The Morgan fingerprint density at radius 2 is 0.938 bits per heavy atom. The second kappa shape index (κ2) is 13.4. The zero-order chi connectivity index (χ0) is 41.9. The largest absolute Gasteiger partial charge is 0.456 e. The number of nitrogens with zero attached hydrogens (tertiary/aromatic N) is 5. The number of hydrogen-bond acceptors (Lipinski definition) is 4. The molecule has 14 rings (SSSR count).